The van der Waals surface area contributed by atoms with Gasteiger partial charge in [0, 0.05) is 10.9 Å². The van der Waals surface area contributed by atoms with E-state index in [4.69, 9.17) is 9.52 Å². The fraction of sp³-hybridized carbons (Fsp3) is 0.158. The van der Waals surface area contributed by atoms with E-state index in [9.17, 15) is 9.59 Å². The Bertz CT molecular complexity index is 883. The van der Waals surface area contributed by atoms with E-state index in [2.05, 4.69) is 5.32 Å². The molecule has 3 rings (SSSR count). The molecule has 0 fully saturated rings. The molecule has 0 saturated carbocycles. The van der Waals surface area contributed by atoms with Crippen LogP contribution in [0.4, 0.5) is 0 Å². The Kier molecular flexibility index (Phi) is 4.33. The van der Waals surface area contributed by atoms with Crippen LogP contribution in [0.3, 0.4) is 0 Å². The maximum absolute atomic E-state index is 12.6. The van der Waals surface area contributed by atoms with Crippen LogP contribution >= 0.6 is 0 Å². The van der Waals surface area contributed by atoms with Crippen molar-refractivity contribution in [2.75, 3.05) is 0 Å². The normalized spacial score (nSPS) is 12.0. The van der Waals surface area contributed by atoms with Crippen LogP contribution in [0.2, 0.25) is 0 Å². The van der Waals surface area contributed by atoms with Crippen molar-refractivity contribution in [1.82, 2.24) is 5.32 Å². The number of carboxylic acid groups (broad SMARTS) is 1. The highest BCUT2D eigenvalue weighted by molar-refractivity contribution is 5.99. The predicted molar refractivity (Wildman–Crippen MR) is 89.9 cm³/mol. The second-order valence-electron chi connectivity index (χ2n) is 5.59. The number of nitrogens with one attached hydrogen (secondary N) is 1. The standard InChI is InChI=1S/C19H17NO4/c1-12-14-9-5-6-10-16(14)24-18(12)19(23)20-15(11-17(21)22)13-7-3-2-4-8-13/h2-10,15H,11H2,1H3,(H,20,23)(H,21,22)/t15-/m0/s1. The third-order valence-electron chi connectivity index (χ3n) is 3.94. The van der Waals surface area contributed by atoms with Gasteiger partial charge in [-0.3, -0.25) is 9.59 Å². The molecule has 0 aliphatic carbocycles. The van der Waals surface area contributed by atoms with Crippen LogP contribution in [0, 0.1) is 6.92 Å². The molecule has 0 aliphatic heterocycles. The average molecular weight is 323 g/mol. The van der Waals surface area contributed by atoms with Crippen molar-refractivity contribution in [1.29, 1.82) is 0 Å². The number of para-hydroxylation sites is 1. The molecule has 1 aromatic heterocycles. The lowest BCUT2D eigenvalue weighted by molar-refractivity contribution is -0.137. The minimum Gasteiger partial charge on any atom is -0.481 e. The summed E-state index contributed by atoms with van der Waals surface area (Å²) in [5.74, 6) is -1.19. The average Bonchev–Trinajstić information content (AvgIpc) is 2.92. The first-order valence-electron chi connectivity index (χ1n) is 7.62. The van der Waals surface area contributed by atoms with E-state index in [-0.39, 0.29) is 12.2 Å². The van der Waals surface area contributed by atoms with Crippen LogP contribution in [0.25, 0.3) is 11.0 Å². The molecule has 0 aliphatic rings. The molecule has 0 bridgehead atoms. The molecular formula is C19H17NO4. The first-order valence-corrected chi connectivity index (χ1v) is 7.62. The van der Waals surface area contributed by atoms with Crippen LogP contribution in [0.15, 0.2) is 59.0 Å². The summed E-state index contributed by atoms with van der Waals surface area (Å²) in [6, 6.07) is 15.8. The van der Waals surface area contributed by atoms with Crippen LogP contribution in [-0.2, 0) is 4.79 Å². The highest BCUT2D eigenvalue weighted by Crippen LogP contribution is 2.26. The van der Waals surface area contributed by atoms with Gasteiger partial charge in [-0.05, 0) is 18.6 Å². The summed E-state index contributed by atoms with van der Waals surface area (Å²) in [5, 5.41) is 12.8. The van der Waals surface area contributed by atoms with Gasteiger partial charge in [0.2, 0.25) is 0 Å². The number of carboxylic acids is 1. The van der Waals surface area contributed by atoms with Gasteiger partial charge in [0.1, 0.15) is 5.58 Å². The molecule has 1 heterocycles. The minimum atomic E-state index is -0.981. The molecule has 2 aromatic carbocycles. The lowest BCUT2D eigenvalue weighted by Crippen LogP contribution is -2.30. The number of amides is 1. The zero-order valence-corrected chi connectivity index (χ0v) is 13.2. The van der Waals surface area contributed by atoms with Gasteiger partial charge < -0.3 is 14.8 Å². The fourth-order valence-electron chi connectivity index (χ4n) is 2.73. The molecule has 0 spiro atoms. The van der Waals surface area contributed by atoms with Crippen molar-refractivity contribution in [3.05, 3.63) is 71.5 Å². The molecule has 122 valence electrons. The van der Waals surface area contributed by atoms with Crippen molar-refractivity contribution in [2.24, 2.45) is 0 Å². The summed E-state index contributed by atoms with van der Waals surface area (Å²) >= 11 is 0. The van der Waals surface area contributed by atoms with Crippen molar-refractivity contribution in [3.63, 3.8) is 0 Å². The summed E-state index contributed by atoms with van der Waals surface area (Å²) in [5.41, 5.74) is 2.11. The number of aryl methyl sites for hydroxylation is 1. The van der Waals surface area contributed by atoms with Gasteiger partial charge in [-0.25, -0.2) is 0 Å². The first-order chi connectivity index (χ1) is 11.6. The van der Waals surface area contributed by atoms with Crippen molar-refractivity contribution >= 4 is 22.8 Å². The molecule has 1 amide bonds. The second kappa shape index (κ2) is 6.58. The van der Waals surface area contributed by atoms with E-state index >= 15 is 0 Å². The molecule has 5 nitrogen and oxygen atoms in total. The number of fused-ring (bicyclic) bond motifs is 1. The number of benzene rings is 2. The smallest absolute Gasteiger partial charge is 0.305 e. The van der Waals surface area contributed by atoms with Crippen LogP contribution < -0.4 is 5.32 Å². The topological polar surface area (TPSA) is 79.5 Å². The largest absolute Gasteiger partial charge is 0.481 e. The Labute approximate surface area is 138 Å². The van der Waals surface area contributed by atoms with Crippen molar-refractivity contribution in [3.8, 4) is 0 Å². The highest BCUT2D eigenvalue weighted by Gasteiger charge is 2.23. The number of aliphatic carboxylic acids is 1. The van der Waals surface area contributed by atoms with Gasteiger partial charge >= 0.3 is 5.97 Å². The van der Waals surface area contributed by atoms with E-state index < -0.39 is 17.9 Å². The van der Waals surface area contributed by atoms with Gasteiger partial charge in [-0.15, -0.1) is 0 Å². The SMILES string of the molecule is Cc1c(C(=O)N[C@@H](CC(=O)O)c2ccccc2)oc2ccccc12. The van der Waals surface area contributed by atoms with Gasteiger partial charge in [0.05, 0.1) is 12.5 Å². The quantitative estimate of drug-likeness (QED) is 0.750. The number of rotatable bonds is 5. The molecule has 24 heavy (non-hydrogen) atoms. The lowest BCUT2D eigenvalue weighted by atomic mass is 10.0. The maximum Gasteiger partial charge on any atom is 0.305 e. The van der Waals surface area contributed by atoms with Gasteiger partial charge in [-0.2, -0.15) is 0 Å². The van der Waals surface area contributed by atoms with E-state index in [0.717, 1.165) is 16.5 Å². The van der Waals surface area contributed by atoms with E-state index in [1.165, 1.54) is 0 Å². The van der Waals surface area contributed by atoms with Gasteiger partial charge in [-0.1, -0.05) is 48.5 Å². The third-order valence-corrected chi connectivity index (χ3v) is 3.94. The molecule has 3 aromatic rings. The lowest BCUT2D eigenvalue weighted by Gasteiger charge is -2.16. The Morgan fingerprint density at radius 3 is 2.42 bits per heavy atom. The van der Waals surface area contributed by atoms with E-state index in [0.29, 0.717) is 5.58 Å². The fourth-order valence-corrected chi connectivity index (χ4v) is 2.73. The van der Waals surface area contributed by atoms with Gasteiger partial charge in [0.25, 0.3) is 5.91 Å². The van der Waals surface area contributed by atoms with Crippen LogP contribution in [0.1, 0.15) is 34.1 Å². The van der Waals surface area contributed by atoms with Crippen molar-refractivity contribution < 1.29 is 19.1 Å². The number of hydrogen-bond donors (Lipinski definition) is 2. The summed E-state index contributed by atoms with van der Waals surface area (Å²) in [4.78, 5) is 23.7. The zero-order valence-electron chi connectivity index (χ0n) is 13.2. The molecule has 0 unspecified atom stereocenters. The van der Waals surface area contributed by atoms with E-state index in [1.54, 1.807) is 18.2 Å². The predicted octanol–water partition coefficient (Wildman–Crippen LogP) is 3.69. The van der Waals surface area contributed by atoms with Crippen molar-refractivity contribution in [2.45, 2.75) is 19.4 Å². The number of furan rings is 1. The Morgan fingerprint density at radius 1 is 1.08 bits per heavy atom. The summed E-state index contributed by atoms with van der Waals surface area (Å²) in [7, 11) is 0. The number of hydrogen-bond acceptors (Lipinski definition) is 3. The minimum absolute atomic E-state index is 0.199. The van der Waals surface area contributed by atoms with Crippen LogP contribution in [0.5, 0.6) is 0 Å². The summed E-state index contributed by atoms with van der Waals surface area (Å²) < 4.78 is 5.64. The Hall–Kier alpha value is -3.08. The Morgan fingerprint density at radius 2 is 1.75 bits per heavy atom. The highest BCUT2D eigenvalue weighted by atomic mass is 16.4. The molecule has 5 heteroatoms. The van der Waals surface area contributed by atoms with Crippen LogP contribution in [-0.4, -0.2) is 17.0 Å². The second-order valence-corrected chi connectivity index (χ2v) is 5.59. The summed E-state index contributed by atoms with van der Waals surface area (Å²) in [6.07, 6.45) is -0.199. The Balaban J connectivity index is 1.90. The summed E-state index contributed by atoms with van der Waals surface area (Å²) in [6.45, 7) is 1.81. The first kappa shape index (κ1) is 15.8. The monoisotopic (exact) mass is 323 g/mol. The molecule has 0 radical (unpaired) electrons. The molecule has 2 N–H and O–H groups in total. The third kappa shape index (κ3) is 3.15. The molecule has 0 saturated heterocycles. The van der Waals surface area contributed by atoms with Gasteiger partial charge in [0.15, 0.2) is 5.76 Å². The number of carbonyl (C=O) groups excluding carboxylic acids is 1. The molecule has 1 atom stereocenters. The maximum atomic E-state index is 12.6. The molecular weight excluding hydrogens is 306 g/mol. The number of carbonyl (C=O) groups is 2. The van der Waals surface area contributed by atoms with E-state index in [1.807, 2.05) is 43.3 Å². The zero-order chi connectivity index (χ0) is 17.1.